The number of nitrogens with one attached hydrogen (secondary N) is 3. The number of nitrogens with zero attached hydrogens (tertiary/aromatic N) is 3. The Kier molecular flexibility index (Phi) is 8.16. The number of anilines is 2. The van der Waals surface area contributed by atoms with Crippen LogP contribution in [0.25, 0.3) is 0 Å². The molecule has 33 heavy (non-hydrogen) atoms. The number of carbonyl (C=O) groups is 1. The Bertz CT molecular complexity index is 1070. The Morgan fingerprint density at radius 3 is 2.64 bits per heavy atom. The van der Waals surface area contributed by atoms with E-state index in [1.54, 1.807) is 14.0 Å². The minimum atomic E-state index is -4.00. The number of aliphatic hydroxyl groups excluding tert-OH is 1. The van der Waals surface area contributed by atoms with Gasteiger partial charge in [-0.3, -0.25) is 4.79 Å². The van der Waals surface area contributed by atoms with Crippen molar-refractivity contribution < 1.29 is 22.2 Å². The number of thioether (sulfide) groups is 1. The molecule has 1 aromatic heterocycles. The SMILES string of the molecule is CNC(=O)[C@H]1CCC[N+]1(C)S(=O)(=O)Nc1cc(N[C@H](C)CO)nc(SCc2ccccc2)n1. The molecule has 1 unspecified atom stereocenters. The summed E-state index contributed by atoms with van der Waals surface area (Å²) in [5, 5.41) is 15.4. The van der Waals surface area contributed by atoms with Crippen molar-refractivity contribution in [2.45, 2.75) is 42.8 Å². The normalized spacial score (nSPS) is 21.4. The molecule has 1 aliphatic heterocycles. The van der Waals surface area contributed by atoms with Crippen molar-refractivity contribution in [3.8, 4) is 0 Å². The van der Waals surface area contributed by atoms with Crippen molar-refractivity contribution in [2.75, 3.05) is 37.3 Å². The smallest absolute Gasteiger partial charge is 0.394 e. The summed E-state index contributed by atoms with van der Waals surface area (Å²) in [7, 11) is -0.946. The lowest BCUT2D eigenvalue weighted by atomic mass is 10.2. The monoisotopic (exact) mass is 495 g/mol. The molecule has 1 aliphatic rings. The van der Waals surface area contributed by atoms with Crippen molar-refractivity contribution in [2.24, 2.45) is 0 Å². The third-order valence-corrected chi connectivity index (χ3v) is 8.58. The van der Waals surface area contributed by atoms with Crippen molar-refractivity contribution in [3.05, 3.63) is 42.0 Å². The molecule has 3 atom stereocenters. The van der Waals surface area contributed by atoms with Gasteiger partial charge in [-0.2, -0.15) is 12.3 Å². The fourth-order valence-electron chi connectivity index (χ4n) is 3.73. The number of aliphatic hydroxyl groups is 1. The van der Waals surface area contributed by atoms with Crippen LogP contribution >= 0.6 is 11.8 Å². The predicted octanol–water partition coefficient (Wildman–Crippen LogP) is 1.57. The second-order valence-electron chi connectivity index (χ2n) is 8.17. The van der Waals surface area contributed by atoms with E-state index >= 15 is 0 Å². The number of hydrogen-bond acceptors (Lipinski definition) is 8. The highest BCUT2D eigenvalue weighted by Gasteiger charge is 2.52. The quantitative estimate of drug-likeness (QED) is 0.222. The summed E-state index contributed by atoms with van der Waals surface area (Å²) in [4.78, 5) is 21.2. The minimum Gasteiger partial charge on any atom is -0.394 e. The molecule has 2 heterocycles. The van der Waals surface area contributed by atoms with Crippen LogP contribution in [0.3, 0.4) is 0 Å². The van der Waals surface area contributed by atoms with Gasteiger partial charge in [0.1, 0.15) is 5.82 Å². The van der Waals surface area contributed by atoms with E-state index in [1.165, 1.54) is 24.9 Å². The molecule has 0 spiro atoms. The van der Waals surface area contributed by atoms with Crippen LogP contribution in [0.15, 0.2) is 41.6 Å². The number of quaternary nitrogens is 1. The number of aromatic nitrogens is 2. The molecule has 1 aromatic carbocycles. The number of benzene rings is 1. The van der Waals surface area contributed by atoms with Crippen LogP contribution in [0, 0.1) is 0 Å². The van der Waals surface area contributed by atoms with Gasteiger partial charge in [0, 0.05) is 37.8 Å². The Balaban J connectivity index is 1.88. The first-order chi connectivity index (χ1) is 15.7. The zero-order valence-corrected chi connectivity index (χ0v) is 20.6. The van der Waals surface area contributed by atoms with Gasteiger partial charge in [0.05, 0.1) is 20.2 Å². The first kappa shape index (κ1) is 25.2. The number of amides is 1. The van der Waals surface area contributed by atoms with Crippen molar-refractivity contribution >= 4 is 39.5 Å². The molecule has 3 rings (SSSR count). The van der Waals surface area contributed by atoms with E-state index < -0.39 is 20.1 Å². The zero-order valence-electron chi connectivity index (χ0n) is 19.0. The van der Waals surface area contributed by atoms with E-state index in [0.29, 0.717) is 36.1 Å². The highest BCUT2D eigenvalue weighted by Crippen LogP contribution is 2.31. The molecule has 4 N–H and O–H groups in total. The van der Waals surface area contributed by atoms with Gasteiger partial charge in [0.15, 0.2) is 17.0 Å². The van der Waals surface area contributed by atoms with Gasteiger partial charge in [-0.1, -0.05) is 42.1 Å². The second kappa shape index (κ2) is 10.7. The molecule has 0 aliphatic carbocycles. The summed E-state index contributed by atoms with van der Waals surface area (Å²) in [6, 6.07) is 10.3. The van der Waals surface area contributed by atoms with E-state index in [9.17, 15) is 18.3 Å². The number of likely N-dealkylation sites (tertiary alicyclic amines) is 1. The van der Waals surface area contributed by atoms with Gasteiger partial charge in [0.2, 0.25) is 0 Å². The third-order valence-electron chi connectivity index (χ3n) is 5.66. The molecule has 12 heteroatoms. The lowest BCUT2D eigenvalue weighted by Crippen LogP contribution is -2.59. The Hall–Kier alpha value is -2.41. The van der Waals surface area contributed by atoms with Crippen LogP contribution in [-0.2, 0) is 20.8 Å². The summed E-state index contributed by atoms with van der Waals surface area (Å²) < 4.78 is 28.9. The summed E-state index contributed by atoms with van der Waals surface area (Å²) in [6.45, 7) is 1.99. The highest BCUT2D eigenvalue weighted by molar-refractivity contribution is 7.98. The maximum absolute atomic E-state index is 13.4. The van der Waals surface area contributed by atoms with Gasteiger partial charge >= 0.3 is 10.2 Å². The lowest BCUT2D eigenvalue weighted by molar-refractivity contribution is -0.787. The molecular weight excluding hydrogens is 464 g/mol. The maximum atomic E-state index is 13.4. The van der Waals surface area contributed by atoms with Gasteiger partial charge < -0.3 is 15.7 Å². The van der Waals surface area contributed by atoms with Crippen molar-refractivity contribution in [1.82, 2.24) is 15.3 Å². The van der Waals surface area contributed by atoms with Crippen LogP contribution in [0.5, 0.6) is 0 Å². The maximum Gasteiger partial charge on any atom is 0.395 e. The summed E-state index contributed by atoms with van der Waals surface area (Å²) in [5.41, 5.74) is 1.08. The molecule has 180 valence electrons. The van der Waals surface area contributed by atoms with Crippen LogP contribution in [0.1, 0.15) is 25.3 Å². The van der Waals surface area contributed by atoms with Crippen LogP contribution in [-0.4, -0.2) is 72.6 Å². The molecule has 1 fully saturated rings. The predicted molar refractivity (Wildman–Crippen MR) is 129 cm³/mol. The Morgan fingerprint density at radius 1 is 1.27 bits per heavy atom. The average Bonchev–Trinajstić information content (AvgIpc) is 3.21. The fraction of sp³-hybridized carbons (Fsp3) is 0.476. The molecule has 10 nitrogen and oxygen atoms in total. The van der Waals surface area contributed by atoms with Crippen molar-refractivity contribution in [3.63, 3.8) is 0 Å². The molecule has 1 saturated heterocycles. The third kappa shape index (κ3) is 5.94. The van der Waals surface area contributed by atoms with E-state index in [0.717, 1.165) is 5.56 Å². The highest BCUT2D eigenvalue weighted by atomic mass is 32.2. The minimum absolute atomic E-state index is 0.107. The van der Waals surface area contributed by atoms with Crippen LogP contribution < -0.4 is 15.4 Å². The molecular formula is C21H31N6O4S2+. The average molecular weight is 496 g/mol. The number of rotatable bonds is 10. The molecule has 0 saturated carbocycles. The molecule has 0 bridgehead atoms. The largest absolute Gasteiger partial charge is 0.395 e. The first-order valence-corrected chi connectivity index (χ1v) is 13.1. The molecule has 0 radical (unpaired) electrons. The van der Waals surface area contributed by atoms with E-state index in [1.807, 2.05) is 30.3 Å². The zero-order chi connectivity index (χ0) is 24.1. The Morgan fingerprint density at radius 2 is 1.97 bits per heavy atom. The van der Waals surface area contributed by atoms with Gasteiger partial charge in [0.25, 0.3) is 5.91 Å². The number of carbonyl (C=O) groups excluding carboxylic acids is 1. The van der Waals surface area contributed by atoms with E-state index in [2.05, 4.69) is 25.3 Å². The molecule has 1 amide bonds. The first-order valence-electron chi connectivity index (χ1n) is 10.7. The Labute approximate surface area is 199 Å². The summed E-state index contributed by atoms with van der Waals surface area (Å²) >= 11 is 1.37. The standard InChI is InChI=1S/C21H30N6O4S2/c1-15(13-28)23-18-12-19(25-21(24-18)32-14-16-8-5-4-6-9-16)26-33(30,31)27(3)11-7-10-17(27)20(29)22-2/h4-6,8-9,12,15,17,28H,7,10-11,13-14H2,1-3H3,(H2-,22,23,24,25,26,29)/p+1/t15-,17-,27?/m1/s1. The van der Waals surface area contributed by atoms with Gasteiger partial charge in [-0.05, 0) is 12.5 Å². The van der Waals surface area contributed by atoms with Gasteiger partial charge in [-0.15, -0.1) is 0 Å². The fourth-order valence-corrected chi connectivity index (χ4v) is 6.03. The summed E-state index contributed by atoms with van der Waals surface area (Å²) in [6.07, 6.45) is 1.11. The second-order valence-corrected chi connectivity index (χ2v) is 11.1. The molecule has 2 aromatic rings. The number of hydrogen-bond donors (Lipinski definition) is 4. The van der Waals surface area contributed by atoms with Crippen molar-refractivity contribution in [1.29, 1.82) is 0 Å². The topological polar surface area (TPSA) is 133 Å². The lowest BCUT2D eigenvalue weighted by Gasteiger charge is -2.32. The summed E-state index contributed by atoms with van der Waals surface area (Å²) in [5.74, 6) is 0.807. The van der Waals surface area contributed by atoms with Crippen LogP contribution in [0.4, 0.5) is 11.6 Å². The van der Waals surface area contributed by atoms with Gasteiger partial charge in [-0.25, -0.2) is 14.7 Å². The van der Waals surface area contributed by atoms with Crippen LogP contribution in [0.2, 0.25) is 0 Å². The van der Waals surface area contributed by atoms with E-state index in [4.69, 9.17) is 0 Å². The number of likely N-dealkylation sites (N-methyl/N-ethyl adjacent to an activating group) is 2. The van der Waals surface area contributed by atoms with E-state index in [-0.39, 0.29) is 24.4 Å².